The summed E-state index contributed by atoms with van der Waals surface area (Å²) < 4.78 is 8.21. The number of amides is 1. The third-order valence-electron chi connectivity index (χ3n) is 6.10. The van der Waals surface area contributed by atoms with Crippen molar-refractivity contribution in [3.05, 3.63) is 80.1 Å². The molecule has 0 fully saturated rings. The molecular weight excluding hydrogens is 612 g/mol. The first-order valence-corrected chi connectivity index (χ1v) is 15.0. The molecule has 0 saturated heterocycles. The third-order valence-corrected chi connectivity index (χ3v) is 8.75. The first kappa shape index (κ1) is 27.7. The lowest BCUT2D eigenvalue weighted by Crippen LogP contribution is -2.17. The van der Waals surface area contributed by atoms with Crippen LogP contribution in [0.5, 0.6) is 5.75 Å². The van der Waals surface area contributed by atoms with E-state index in [0.717, 1.165) is 58.6 Å². The van der Waals surface area contributed by atoms with Crippen LogP contribution in [0.25, 0.3) is 0 Å². The molecule has 0 aliphatic heterocycles. The molecule has 10 nitrogen and oxygen atoms in total. The minimum atomic E-state index is -0.241. The number of thiophene rings is 1. The van der Waals surface area contributed by atoms with Crippen LogP contribution in [0.1, 0.15) is 40.0 Å². The largest absolute Gasteiger partial charge is 0.488 e. The van der Waals surface area contributed by atoms with Crippen LogP contribution in [0.15, 0.2) is 63.3 Å². The number of carbonyl (C=O) groups excluding carboxylic acids is 1. The second kappa shape index (κ2) is 13.0. The summed E-state index contributed by atoms with van der Waals surface area (Å²) in [4.78, 5) is 13.8. The maximum Gasteiger partial charge on any atom is 0.264 e. The minimum absolute atomic E-state index is 0.0642. The van der Waals surface area contributed by atoms with E-state index in [1.54, 1.807) is 6.21 Å². The van der Waals surface area contributed by atoms with Gasteiger partial charge in [0.2, 0.25) is 11.1 Å². The number of carbonyl (C=O) groups is 1. The Hall–Kier alpha value is -3.86. The van der Waals surface area contributed by atoms with Gasteiger partial charge in [-0.2, -0.15) is 10.4 Å². The fraction of sp³-hybridized carbons (Fsp3) is 0.222. The molecule has 1 amide bonds. The van der Waals surface area contributed by atoms with Crippen molar-refractivity contribution in [3.8, 4) is 11.8 Å². The Morgan fingerprint density at radius 2 is 2.10 bits per heavy atom. The molecule has 1 aliphatic carbocycles. The van der Waals surface area contributed by atoms with Crippen LogP contribution in [-0.2, 0) is 24.2 Å². The molecule has 0 radical (unpaired) electrons. The number of thioether (sulfide) groups is 1. The van der Waals surface area contributed by atoms with E-state index in [9.17, 15) is 10.1 Å². The molecule has 2 aromatic heterocycles. The first-order valence-electron chi connectivity index (χ1n) is 12.4. The van der Waals surface area contributed by atoms with Crippen LogP contribution in [-0.4, -0.2) is 32.7 Å². The second-order valence-electron chi connectivity index (χ2n) is 8.87. The number of benzene rings is 2. The van der Waals surface area contributed by atoms with Gasteiger partial charge in [0.15, 0.2) is 0 Å². The van der Waals surface area contributed by atoms with E-state index in [4.69, 9.17) is 10.6 Å². The van der Waals surface area contributed by atoms with Gasteiger partial charge in [0.05, 0.1) is 17.5 Å². The van der Waals surface area contributed by atoms with Gasteiger partial charge in [-0.25, -0.2) is 10.1 Å². The number of rotatable bonds is 10. The highest BCUT2D eigenvalue weighted by atomic mass is 79.9. The number of para-hydroxylation sites is 1. The van der Waals surface area contributed by atoms with Crippen molar-refractivity contribution >= 4 is 62.1 Å². The number of aryl methyl sites for hydroxylation is 1. The van der Waals surface area contributed by atoms with Gasteiger partial charge >= 0.3 is 0 Å². The molecule has 0 atom stereocenters. The lowest BCUT2D eigenvalue weighted by molar-refractivity contribution is -0.113. The number of nitrogens with one attached hydrogen (secondary N) is 2. The summed E-state index contributed by atoms with van der Waals surface area (Å²) in [6, 6.07) is 17.7. The molecule has 0 unspecified atom stereocenters. The van der Waals surface area contributed by atoms with Crippen molar-refractivity contribution in [1.29, 1.82) is 5.26 Å². The van der Waals surface area contributed by atoms with Gasteiger partial charge in [0, 0.05) is 14.9 Å². The number of hydrogen-bond donors (Lipinski definition) is 3. The summed E-state index contributed by atoms with van der Waals surface area (Å²) in [5, 5.41) is 25.7. The minimum Gasteiger partial charge on any atom is -0.488 e. The second-order valence-corrected chi connectivity index (χ2v) is 11.8. The number of anilines is 2. The number of aromatic nitrogens is 3. The number of hydrazone groups is 1. The summed E-state index contributed by atoms with van der Waals surface area (Å²) in [6.07, 6.45) is 5.64. The van der Waals surface area contributed by atoms with Gasteiger partial charge in [-0.3, -0.25) is 4.79 Å². The van der Waals surface area contributed by atoms with Crippen LogP contribution >= 0.6 is 39.0 Å². The highest BCUT2D eigenvalue weighted by Crippen LogP contribution is 2.37. The Labute approximate surface area is 247 Å². The lowest BCUT2D eigenvalue weighted by Gasteiger charge is -2.09. The number of nitrogens with zero attached hydrogens (tertiary/aromatic N) is 5. The normalized spacial score (nSPS) is 12.6. The third kappa shape index (κ3) is 6.64. The number of nitriles is 1. The van der Waals surface area contributed by atoms with E-state index >= 15 is 0 Å². The van der Waals surface area contributed by atoms with Gasteiger partial charge in [-0.05, 0) is 61.1 Å². The number of hydrogen-bond acceptors (Lipinski definition) is 10. The molecule has 4 N–H and O–H groups in total. The molecule has 4 aromatic rings. The number of nitrogens with two attached hydrogens (primary N) is 1. The molecule has 2 heterocycles. The van der Waals surface area contributed by atoms with Crippen molar-refractivity contribution in [1.82, 2.24) is 14.9 Å². The number of nitrogen functional groups attached to an aromatic ring is 1. The van der Waals surface area contributed by atoms with Crippen LogP contribution in [0.2, 0.25) is 0 Å². The van der Waals surface area contributed by atoms with Gasteiger partial charge in [0.25, 0.3) is 5.95 Å². The predicted octanol–water partition coefficient (Wildman–Crippen LogP) is 5.32. The summed E-state index contributed by atoms with van der Waals surface area (Å²) in [7, 11) is 0. The fourth-order valence-electron chi connectivity index (χ4n) is 4.18. The fourth-order valence-corrected chi connectivity index (χ4v) is 6.54. The molecular formula is C27H25BrN8O2S2. The van der Waals surface area contributed by atoms with Gasteiger partial charge in [0.1, 0.15) is 23.4 Å². The van der Waals surface area contributed by atoms with Gasteiger partial charge in [-0.1, -0.05) is 52.0 Å². The van der Waals surface area contributed by atoms with Crippen molar-refractivity contribution in [2.45, 2.75) is 37.4 Å². The molecule has 13 heteroatoms. The zero-order valence-corrected chi connectivity index (χ0v) is 24.5. The van der Waals surface area contributed by atoms with E-state index in [0.29, 0.717) is 28.1 Å². The lowest BCUT2D eigenvalue weighted by atomic mass is 9.96. The summed E-state index contributed by atoms with van der Waals surface area (Å²) in [6.45, 7) is 0.412. The Morgan fingerprint density at radius 3 is 2.95 bits per heavy atom. The first-order chi connectivity index (χ1) is 19.5. The standard InChI is InChI=1S/C27H25BrN8O2S2/c28-19-8-5-6-17(12-19)15-38-22-10-3-1-7-18(22)14-31-33-26-34-35-27(36(26)30)39-16-24(37)32-25-21(13-29)20-9-2-4-11-23(20)40-25/h1,3,5-8,10,12,14H,2,4,9,11,15-16,30H2,(H,32,37)(H,33,34)/b31-14+. The SMILES string of the molecule is N#Cc1c(NC(=O)CSc2nnc(N/N=C/c3ccccc3OCc3cccc(Br)c3)n2N)sc2c1CCCC2. The average Bonchev–Trinajstić information content (AvgIpc) is 3.50. The highest BCUT2D eigenvalue weighted by Gasteiger charge is 2.22. The highest BCUT2D eigenvalue weighted by molar-refractivity contribution is 9.10. The van der Waals surface area contributed by atoms with E-state index in [1.807, 2.05) is 48.5 Å². The number of ether oxygens (including phenoxy) is 1. The Morgan fingerprint density at radius 1 is 1.25 bits per heavy atom. The van der Waals surface area contributed by atoms with E-state index in [-0.39, 0.29) is 17.6 Å². The van der Waals surface area contributed by atoms with E-state index in [1.165, 1.54) is 20.9 Å². The predicted molar refractivity (Wildman–Crippen MR) is 161 cm³/mol. The Bertz CT molecular complexity index is 1590. The molecule has 0 saturated carbocycles. The summed E-state index contributed by atoms with van der Waals surface area (Å²) in [5.41, 5.74) is 6.26. The van der Waals surface area contributed by atoms with Crippen LogP contribution in [0.4, 0.5) is 10.9 Å². The molecule has 40 heavy (non-hydrogen) atoms. The monoisotopic (exact) mass is 636 g/mol. The van der Waals surface area contributed by atoms with Crippen molar-refractivity contribution in [2.75, 3.05) is 22.3 Å². The van der Waals surface area contributed by atoms with Crippen LogP contribution in [0, 0.1) is 11.3 Å². The van der Waals surface area contributed by atoms with E-state index < -0.39 is 0 Å². The maximum atomic E-state index is 12.6. The molecule has 2 aromatic carbocycles. The topological polar surface area (TPSA) is 143 Å². The van der Waals surface area contributed by atoms with Crippen molar-refractivity contribution in [3.63, 3.8) is 0 Å². The zero-order valence-electron chi connectivity index (χ0n) is 21.3. The average molecular weight is 638 g/mol. The van der Waals surface area contributed by atoms with Crippen molar-refractivity contribution < 1.29 is 9.53 Å². The molecule has 0 bridgehead atoms. The van der Waals surface area contributed by atoms with E-state index in [2.05, 4.69) is 48.0 Å². The van der Waals surface area contributed by atoms with Crippen molar-refractivity contribution in [2.24, 2.45) is 5.10 Å². The smallest absolute Gasteiger partial charge is 0.264 e. The quantitative estimate of drug-likeness (QED) is 0.0918. The Balaban J connectivity index is 1.16. The van der Waals surface area contributed by atoms with Gasteiger partial charge in [-0.15, -0.1) is 21.5 Å². The Kier molecular flexibility index (Phi) is 9.00. The molecule has 5 rings (SSSR count). The number of halogens is 1. The maximum absolute atomic E-state index is 12.6. The number of fused-ring (bicyclic) bond motifs is 1. The summed E-state index contributed by atoms with van der Waals surface area (Å²) >= 11 is 6.11. The zero-order chi connectivity index (χ0) is 27.9. The van der Waals surface area contributed by atoms with Gasteiger partial charge < -0.3 is 15.9 Å². The molecule has 1 aliphatic rings. The molecule has 0 spiro atoms. The summed E-state index contributed by atoms with van der Waals surface area (Å²) in [5.74, 6) is 6.83. The van der Waals surface area contributed by atoms with Crippen LogP contribution in [0.3, 0.4) is 0 Å². The van der Waals surface area contributed by atoms with Crippen LogP contribution < -0.4 is 21.3 Å². The molecule has 204 valence electrons.